The fourth-order valence-electron chi connectivity index (χ4n) is 1.86. The van der Waals surface area contributed by atoms with Crippen LogP contribution in [0.25, 0.3) is 0 Å². The number of allylic oxidation sites excluding steroid dienone is 5. The van der Waals surface area contributed by atoms with E-state index in [1.807, 2.05) is 27.7 Å². The van der Waals surface area contributed by atoms with E-state index in [-0.39, 0.29) is 5.76 Å². The van der Waals surface area contributed by atoms with Crippen molar-refractivity contribution in [2.45, 2.75) is 40.5 Å². The minimum absolute atomic E-state index is 0.181. The monoisotopic (exact) mass is 306 g/mol. The van der Waals surface area contributed by atoms with E-state index >= 15 is 0 Å². The minimum Gasteiger partial charge on any atom is -0.491 e. The van der Waals surface area contributed by atoms with Crippen molar-refractivity contribution in [3.05, 3.63) is 66.0 Å². The molecule has 0 amide bonds. The maximum absolute atomic E-state index is 13.6. The Morgan fingerprint density at radius 3 is 2.36 bits per heavy atom. The fourth-order valence-corrected chi connectivity index (χ4v) is 1.86. The molecule has 22 heavy (non-hydrogen) atoms. The molecule has 1 aromatic rings. The van der Waals surface area contributed by atoms with Crippen molar-refractivity contribution in [2.75, 3.05) is 6.61 Å². The summed E-state index contributed by atoms with van der Waals surface area (Å²) in [5, 5.41) is 7.09. The molecule has 0 saturated heterocycles. The van der Waals surface area contributed by atoms with Gasteiger partial charge in [0.1, 0.15) is 0 Å². The summed E-state index contributed by atoms with van der Waals surface area (Å²) in [5.41, 5.74) is 3.27. The molecular weight excluding hydrogens is 279 g/mol. The van der Waals surface area contributed by atoms with Gasteiger partial charge in [0.05, 0.1) is 12.3 Å². The summed E-state index contributed by atoms with van der Waals surface area (Å²) in [6.45, 7) is 15.4. The molecule has 0 aliphatic carbocycles. The number of nitrogens with zero attached hydrogens (tertiary/aromatic N) is 1. The van der Waals surface area contributed by atoms with E-state index in [4.69, 9.17) is 4.74 Å². The molecule has 1 heterocycles. The zero-order valence-corrected chi connectivity index (χ0v) is 14.1. The average molecular weight is 306 g/mol. The lowest BCUT2D eigenvalue weighted by molar-refractivity contribution is 0.205. The number of H-pyrrole nitrogens is 1. The average Bonchev–Trinajstić information content (AvgIpc) is 2.84. The van der Waals surface area contributed by atoms with Crippen molar-refractivity contribution in [1.29, 1.82) is 0 Å². The molecule has 0 aliphatic heterocycles. The molecule has 0 saturated carbocycles. The second-order valence-corrected chi connectivity index (χ2v) is 4.38. The van der Waals surface area contributed by atoms with Gasteiger partial charge in [-0.05, 0) is 44.4 Å². The number of aromatic amines is 1. The molecule has 0 aliphatic rings. The molecule has 0 fully saturated rings. The first-order chi connectivity index (χ1) is 10.6. The van der Waals surface area contributed by atoms with Gasteiger partial charge >= 0.3 is 0 Å². The summed E-state index contributed by atoms with van der Waals surface area (Å²) in [5.74, 6) is -0.267. The van der Waals surface area contributed by atoms with Crippen molar-refractivity contribution in [1.82, 2.24) is 10.2 Å². The topological polar surface area (TPSA) is 37.9 Å². The van der Waals surface area contributed by atoms with Gasteiger partial charge < -0.3 is 4.74 Å². The Kier molecular flexibility index (Phi) is 10.4. The van der Waals surface area contributed by atoms with Crippen LogP contribution in [-0.4, -0.2) is 16.8 Å². The van der Waals surface area contributed by atoms with Crippen molar-refractivity contribution in [3.63, 3.8) is 0 Å². The molecule has 0 aromatic carbocycles. The summed E-state index contributed by atoms with van der Waals surface area (Å²) in [6, 6.07) is 0. The van der Waals surface area contributed by atoms with Crippen LogP contribution >= 0.6 is 0 Å². The second-order valence-electron chi connectivity index (χ2n) is 4.38. The number of ether oxygens (including phenoxy) is 1. The highest BCUT2D eigenvalue weighted by Gasteiger charge is 2.07. The number of nitrogens with one attached hydrogen (secondary N) is 1. The SMILES string of the molecule is C=C/C=C(F)\C(=C/C=C)OCCCc1c(C)n[nH]c1C.CC. The largest absolute Gasteiger partial charge is 0.491 e. The van der Waals surface area contributed by atoms with Crippen LogP contribution in [0.3, 0.4) is 0 Å². The Labute approximate surface area is 133 Å². The predicted molar refractivity (Wildman–Crippen MR) is 91.4 cm³/mol. The molecular formula is C18H27FN2O. The van der Waals surface area contributed by atoms with Gasteiger partial charge in [-0.25, -0.2) is 4.39 Å². The molecule has 0 unspecified atom stereocenters. The first-order valence-electron chi connectivity index (χ1n) is 7.54. The molecule has 1 aromatic heterocycles. The Bertz CT molecular complexity index is 508. The van der Waals surface area contributed by atoms with E-state index in [1.54, 1.807) is 0 Å². The van der Waals surface area contributed by atoms with Crippen LogP contribution < -0.4 is 0 Å². The first kappa shape index (κ1) is 19.9. The molecule has 1 N–H and O–H groups in total. The third-order valence-corrected chi connectivity index (χ3v) is 2.88. The number of hydrogen-bond donors (Lipinski definition) is 1. The molecule has 3 nitrogen and oxygen atoms in total. The molecule has 1 rings (SSSR count). The normalized spacial score (nSPS) is 11.5. The lowest BCUT2D eigenvalue weighted by Gasteiger charge is -2.08. The van der Waals surface area contributed by atoms with E-state index in [2.05, 4.69) is 23.4 Å². The van der Waals surface area contributed by atoms with Gasteiger partial charge in [0, 0.05) is 5.69 Å². The maximum atomic E-state index is 13.6. The van der Waals surface area contributed by atoms with Gasteiger partial charge in [-0.3, -0.25) is 5.10 Å². The summed E-state index contributed by atoms with van der Waals surface area (Å²) in [4.78, 5) is 0. The molecule has 0 radical (unpaired) electrons. The molecule has 4 heteroatoms. The lowest BCUT2D eigenvalue weighted by Crippen LogP contribution is -1.99. The number of hydrogen-bond acceptors (Lipinski definition) is 2. The van der Waals surface area contributed by atoms with Crippen LogP contribution in [0.1, 0.15) is 37.2 Å². The van der Waals surface area contributed by atoms with Gasteiger partial charge in [0.15, 0.2) is 11.6 Å². The van der Waals surface area contributed by atoms with Crippen molar-refractivity contribution in [3.8, 4) is 0 Å². The smallest absolute Gasteiger partial charge is 0.165 e. The summed E-state index contributed by atoms with van der Waals surface area (Å²) >= 11 is 0. The van der Waals surface area contributed by atoms with E-state index in [0.717, 1.165) is 24.2 Å². The number of halogens is 1. The van der Waals surface area contributed by atoms with Crippen LogP contribution in [-0.2, 0) is 11.2 Å². The Morgan fingerprint density at radius 2 is 1.86 bits per heavy atom. The van der Waals surface area contributed by atoms with Gasteiger partial charge in [-0.2, -0.15) is 5.10 Å². The van der Waals surface area contributed by atoms with Gasteiger partial charge in [0.25, 0.3) is 0 Å². The quantitative estimate of drug-likeness (QED) is 0.411. The summed E-state index contributed by atoms with van der Waals surface area (Å²) in [6.07, 6.45) is 7.28. The number of aryl methyl sites for hydroxylation is 2. The number of aromatic nitrogens is 2. The van der Waals surface area contributed by atoms with Crippen LogP contribution in [0.15, 0.2) is 49.0 Å². The van der Waals surface area contributed by atoms with E-state index in [9.17, 15) is 4.39 Å². The summed E-state index contributed by atoms with van der Waals surface area (Å²) in [7, 11) is 0. The highest BCUT2D eigenvalue weighted by atomic mass is 19.1. The van der Waals surface area contributed by atoms with E-state index < -0.39 is 5.83 Å². The van der Waals surface area contributed by atoms with Crippen LogP contribution in [0.4, 0.5) is 4.39 Å². The third kappa shape index (κ3) is 6.57. The minimum atomic E-state index is -0.449. The summed E-state index contributed by atoms with van der Waals surface area (Å²) < 4.78 is 19.1. The maximum Gasteiger partial charge on any atom is 0.165 e. The Balaban J connectivity index is 0.00000211. The second kappa shape index (κ2) is 11.5. The van der Waals surface area contributed by atoms with E-state index in [0.29, 0.717) is 6.61 Å². The third-order valence-electron chi connectivity index (χ3n) is 2.88. The van der Waals surface area contributed by atoms with Gasteiger partial charge in [0.2, 0.25) is 0 Å². The van der Waals surface area contributed by atoms with Gasteiger partial charge in [-0.1, -0.05) is 39.2 Å². The van der Waals surface area contributed by atoms with Crippen molar-refractivity contribution in [2.24, 2.45) is 0 Å². The van der Waals surface area contributed by atoms with E-state index in [1.165, 1.54) is 29.9 Å². The van der Waals surface area contributed by atoms with Crippen LogP contribution in [0, 0.1) is 13.8 Å². The molecule has 122 valence electrons. The standard InChI is InChI=1S/C16H21FN2O.C2H6/c1-5-8-15(17)16(9-6-2)20-11-7-10-14-12(3)18-19-13(14)4;1-2/h5-6,8-9H,1-2,7,10-11H2,3-4H3,(H,18,19);1-2H3/b15-8+,16-9+;. The Hall–Kier alpha value is -2.10. The van der Waals surface area contributed by atoms with Gasteiger partial charge in [-0.15, -0.1) is 0 Å². The first-order valence-corrected chi connectivity index (χ1v) is 7.54. The highest BCUT2D eigenvalue weighted by Crippen LogP contribution is 2.16. The molecule has 0 atom stereocenters. The predicted octanol–water partition coefficient (Wildman–Crippen LogP) is 5.11. The lowest BCUT2D eigenvalue weighted by atomic mass is 10.1. The zero-order chi connectivity index (χ0) is 17.0. The Morgan fingerprint density at radius 1 is 1.23 bits per heavy atom. The number of rotatable bonds is 8. The van der Waals surface area contributed by atoms with Crippen molar-refractivity contribution >= 4 is 0 Å². The van der Waals surface area contributed by atoms with Crippen LogP contribution in [0.5, 0.6) is 0 Å². The zero-order valence-electron chi connectivity index (χ0n) is 14.1. The van der Waals surface area contributed by atoms with Crippen molar-refractivity contribution < 1.29 is 9.13 Å². The fraction of sp³-hybridized carbons (Fsp3) is 0.389. The van der Waals surface area contributed by atoms with Crippen LogP contribution in [0.2, 0.25) is 0 Å². The molecule has 0 spiro atoms. The molecule has 0 bridgehead atoms. The highest BCUT2D eigenvalue weighted by molar-refractivity contribution is 5.26.